The molecule has 0 radical (unpaired) electrons. The summed E-state index contributed by atoms with van der Waals surface area (Å²) in [4.78, 5) is 40.3. The van der Waals surface area contributed by atoms with Gasteiger partial charge in [0.05, 0.1) is 11.5 Å². The maximum Gasteiger partial charge on any atom is 0.433 e. The van der Waals surface area contributed by atoms with Crippen LogP contribution in [0.5, 0.6) is 0 Å². The first-order valence-corrected chi connectivity index (χ1v) is 8.24. The molecule has 3 rings (SSSR count). The Balaban J connectivity index is 1.91. The van der Waals surface area contributed by atoms with Gasteiger partial charge in [0, 0.05) is 20.2 Å². The van der Waals surface area contributed by atoms with E-state index in [0.717, 1.165) is 23.5 Å². The van der Waals surface area contributed by atoms with Crippen LogP contribution in [0.15, 0.2) is 21.7 Å². The second-order valence-corrected chi connectivity index (χ2v) is 6.24. The number of fused-ring (bicyclic) bond motifs is 1. The van der Waals surface area contributed by atoms with Crippen molar-refractivity contribution in [3.8, 4) is 0 Å². The topological polar surface area (TPSA) is 95.2 Å². The van der Waals surface area contributed by atoms with Crippen LogP contribution in [0, 0.1) is 0 Å². The van der Waals surface area contributed by atoms with E-state index >= 15 is 0 Å². The summed E-state index contributed by atoms with van der Waals surface area (Å²) >= 11 is 0. The highest BCUT2D eigenvalue weighted by Crippen LogP contribution is 2.28. The largest absolute Gasteiger partial charge is 0.433 e. The first kappa shape index (κ1) is 19.1. The summed E-state index contributed by atoms with van der Waals surface area (Å²) in [6, 6.07) is 1.61. The zero-order chi connectivity index (χ0) is 19.8. The predicted octanol–water partition coefficient (Wildman–Crippen LogP) is 0.409. The minimum Gasteiger partial charge on any atom is -0.376 e. The van der Waals surface area contributed by atoms with E-state index in [2.05, 4.69) is 10.3 Å². The van der Waals surface area contributed by atoms with Gasteiger partial charge >= 0.3 is 11.9 Å². The lowest BCUT2D eigenvalue weighted by Crippen LogP contribution is -2.44. The number of hydrogen-bond donors (Lipinski definition) is 1. The zero-order valence-electron chi connectivity index (χ0n) is 14.4. The molecule has 0 saturated carbocycles. The highest BCUT2D eigenvalue weighted by atomic mass is 19.4. The average Bonchev–Trinajstić information content (AvgIpc) is 3.14. The summed E-state index contributed by atoms with van der Waals surface area (Å²) in [5.74, 6) is -0.566. The first-order chi connectivity index (χ1) is 12.7. The molecule has 0 spiro atoms. The van der Waals surface area contributed by atoms with Crippen molar-refractivity contribution in [3.63, 3.8) is 0 Å². The maximum atomic E-state index is 12.8. The number of alkyl halides is 3. The molecule has 1 unspecified atom stereocenters. The third-order valence-electron chi connectivity index (χ3n) is 4.33. The van der Waals surface area contributed by atoms with Crippen molar-refractivity contribution in [2.75, 3.05) is 13.2 Å². The van der Waals surface area contributed by atoms with Gasteiger partial charge in [-0.1, -0.05) is 0 Å². The Kier molecular flexibility index (Phi) is 5.05. The molecule has 0 aromatic carbocycles. The molecule has 11 heteroatoms. The van der Waals surface area contributed by atoms with Gasteiger partial charge in [0.1, 0.15) is 17.9 Å². The normalized spacial score (nSPS) is 17.4. The van der Waals surface area contributed by atoms with Gasteiger partial charge in [-0.15, -0.1) is 0 Å². The summed E-state index contributed by atoms with van der Waals surface area (Å²) < 4.78 is 45.3. The molecule has 27 heavy (non-hydrogen) atoms. The summed E-state index contributed by atoms with van der Waals surface area (Å²) in [6.07, 6.45) is -3.10. The number of ether oxygens (including phenoxy) is 1. The molecule has 2 aromatic rings. The zero-order valence-corrected chi connectivity index (χ0v) is 14.4. The highest BCUT2D eigenvalue weighted by molar-refractivity contribution is 5.77. The number of aryl methyl sites for hydroxylation is 1. The van der Waals surface area contributed by atoms with E-state index in [-0.39, 0.29) is 18.0 Å². The summed E-state index contributed by atoms with van der Waals surface area (Å²) in [6.45, 7) is 0.339. The Morgan fingerprint density at radius 2 is 2.11 bits per heavy atom. The fourth-order valence-electron chi connectivity index (χ4n) is 2.90. The lowest BCUT2D eigenvalue weighted by molar-refractivity contribution is -0.141. The van der Waals surface area contributed by atoms with Gasteiger partial charge in [-0.2, -0.15) is 13.2 Å². The summed E-state index contributed by atoms with van der Waals surface area (Å²) in [5.41, 5.74) is -3.40. The van der Waals surface area contributed by atoms with Crippen molar-refractivity contribution in [1.82, 2.24) is 19.4 Å². The van der Waals surface area contributed by atoms with Crippen molar-refractivity contribution in [3.05, 3.63) is 38.7 Å². The summed E-state index contributed by atoms with van der Waals surface area (Å²) in [7, 11) is 1.19. The van der Waals surface area contributed by atoms with E-state index in [1.165, 1.54) is 7.05 Å². The van der Waals surface area contributed by atoms with Crippen LogP contribution in [-0.4, -0.2) is 39.3 Å². The monoisotopic (exact) mass is 386 g/mol. The Morgan fingerprint density at radius 1 is 1.37 bits per heavy atom. The average molecular weight is 386 g/mol. The number of nitrogens with zero attached hydrogens (tertiary/aromatic N) is 3. The number of carbonyl (C=O) groups is 1. The molecule has 1 amide bonds. The number of carbonyl (C=O) groups excluding carboxylic acids is 1. The van der Waals surface area contributed by atoms with Gasteiger partial charge < -0.3 is 10.1 Å². The van der Waals surface area contributed by atoms with Crippen molar-refractivity contribution in [2.24, 2.45) is 7.05 Å². The van der Waals surface area contributed by atoms with Gasteiger partial charge in [0.25, 0.3) is 5.56 Å². The van der Waals surface area contributed by atoms with Crippen LogP contribution in [0.25, 0.3) is 11.0 Å². The number of rotatable bonds is 4. The Morgan fingerprint density at radius 3 is 2.74 bits per heavy atom. The highest BCUT2D eigenvalue weighted by Gasteiger charge is 2.33. The molecule has 8 nitrogen and oxygen atoms in total. The van der Waals surface area contributed by atoms with Crippen molar-refractivity contribution in [1.29, 1.82) is 0 Å². The number of halogens is 3. The van der Waals surface area contributed by atoms with Crippen LogP contribution in [0.1, 0.15) is 18.5 Å². The molecule has 146 valence electrons. The molecule has 1 aliphatic heterocycles. The van der Waals surface area contributed by atoms with Gasteiger partial charge in [-0.05, 0) is 25.0 Å². The number of hydrogen-bond acceptors (Lipinski definition) is 5. The number of amides is 1. The number of nitrogens with one attached hydrogen (secondary N) is 1. The fourth-order valence-corrected chi connectivity index (χ4v) is 2.90. The Labute approximate surface area is 150 Å². The third kappa shape index (κ3) is 3.87. The van der Waals surface area contributed by atoms with E-state index in [4.69, 9.17) is 4.74 Å². The van der Waals surface area contributed by atoms with E-state index in [0.29, 0.717) is 17.2 Å². The van der Waals surface area contributed by atoms with Crippen molar-refractivity contribution in [2.45, 2.75) is 31.7 Å². The molecule has 0 aliphatic carbocycles. The van der Waals surface area contributed by atoms with Crippen LogP contribution >= 0.6 is 0 Å². The summed E-state index contributed by atoms with van der Waals surface area (Å²) in [5, 5.41) is 2.40. The van der Waals surface area contributed by atoms with Crippen LogP contribution in [0.3, 0.4) is 0 Å². The first-order valence-electron chi connectivity index (χ1n) is 8.24. The quantitative estimate of drug-likeness (QED) is 0.821. The molecule has 2 aromatic heterocycles. The van der Waals surface area contributed by atoms with E-state index in [9.17, 15) is 27.6 Å². The smallest absolute Gasteiger partial charge is 0.376 e. The fraction of sp³-hybridized carbons (Fsp3) is 0.500. The van der Waals surface area contributed by atoms with Crippen LogP contribution in [0.2, 0.25) is 0 Å². The molecule has 1 N–H and O–H groups in total. The minimum absolute atomic E-state index is 0.102. The van der Waals surface area contributed by atoms with Gasteiger partial charge in [0.2, 0.25) is 5.91 Å². The molecular weight excluding hydrogens is 369 g/mol. The molecular formula is C16H17F3N4O4. The molecule has 1 fully saturated rings. The number of pyridine rings is 1. The Hall–Kier alpha value is -2.69. The van der Waals surface area contributed by atoms with Crippen LogP contribution < -0.4 is 16.6 Å². The van der Waals surface area contributed by atoms with E-state index in [1.807, 2.05) is 0 Å². The minimum atomic E-state index is -4.71. The van der Waals surface area contributed by atoms with E-state index in [1.54, 1.807) is 0 Å². The van der Waals surface area contributed by atoms with Crippen molar-refractivity contribution >= 4 is 16.9 Å². The molecule has 1 atom stereocenters. The van der Waals surface area contributed by atoms with E-state index < -0.39 is 41.2 Å². The molecule has 1 aliphatic rings. The van der Waals surface area contributed by atoms with Crippen LogP contribution in [-0.2, 0) is 29.3 Å². The maximum absolute atomic E-state index is 12.8. The second-order valence-electron chi connectivity index (χ2n) is 6.24. The number of aromatic nitrogens is 3. The Bertz CT molecular complexity index is 990. The third-order valence-corrected chi connectivity index (χ3v) is 4.33. The standard InChI is InChI=1S/C16H17F3N4O4/c1-22-13-10(4-5-11(21-13)16(17,18)19)14(25)23(15(22)26)8-12(24)20-7-9-3-2-6-27-9/h4-5,9H,2-3,6-8H2,1H3,(H,20,24). The second kappa shape index (κ2) is 7.14. The molecule has 3 heterocycles. The van der Waals surface area contributed by atoms with Gasteiger partial charge in [-0.25, -0.2) is 9.78 Å². The lowest BCUT2D eigenvalue weighted by Gasteiger charge is -2.13. The van der Waals surface area contributed by atoms with Gasteiger partial charge in [-0.3, -0.25) is 18.7 Å². The molecule has 0 bridgehead atoms. The molecule has 1 saturated heterocycles. The van der Waals surface area contributed by atoms with Crippen LogP contribution in [0.4, 0.5) is 13.2 Å². The SMILES string of the molecule is Cn1c(=O)n(CC(=O)NCC2CCCO2)c(=O)c2ccc(C(F)(F)F)nc21. The van der Waals surface area contributed by atoms with Gasteiger partial charge in [0.15, 0.2) is 0 Å². The lowest BCUT2D eigenvalue weighted by atomic mass is 10.2. The predicted molar refractivity (Wildman–Crippen MR) is 88.2 cm³/mol. The van der Waals surface area contributed by atoms with Crippen molar-refractivity contribution < 1.29 is 22.7 Å².